The molecule has 1 atom stereocenters. The average Bonchev–Trinajstić information content (AvgIpc) is 2.70. The van der Waals surface area contributed by atoms with Crippen LogP contribution in [0.3, 0.4) is 0 Å². The minimum absolute atomic E-state index is 0.0148. The van der Waals surface area contributed by atoms with Gasteiger partial charge in [-0.25, -0.2) is 14.1 Å². The predicted molar refractivity (Wildman–Crippen MR) is 73.8 cm³/mol. The summed E-state index contributed by atoms with van der Waals surface area (Å²) in [5.41, 5.74) is 0.807. The van der Waals surface area contributed by atoms with Gasteiger partial charge in [0.2, 0.25) is 0 Å². The number of hydrogen-bond acceptors (Lipinski definition) is 4. The van der Waals surface area contributed by atoms with Gasteiger partial charge in [-0.3, -0.25) is 4.90 Å². The molecule has 0 aliphatic heterocycles. The highest BCUT2D eigenvalue weighted by Gasteiger charge is 2.23. The molecule has 0 fully saturated rings. The van der Waals surface area contributed by atoms with Crippen molar-refractivity contribution in [2.24, 2.45) is 0 Å². The zero-order valence-electron chi connectivity index (χ0n) is 11.9. The van der Waals surface area contributed by atoms with Crippen LogP contribution in [0.2, 0.25) is 0 Å². The summed E-state index contributed by atoms with van der Waals surface area (Å²) in [5, 5.41) is 13.4. The number of halogens is 1. The first-order valence-electron chi connectivity index (χ1n) is 6.47. The number of aliphatic hydroxyl groups is 1. The minimum atomic E-state index is -0.278. The van der Waals surface area contributed by atoms with Crippen LogP contribution in [0.25, 0.3) is 0 Å². The Labute approximate surface area is 117 Å². The zero-order chi connectivity index (χ0) is 14.7. The Kier molecular flexibility index (Phi) is 4.46. The zero-order valence-corrected chi connectivity index (χ0v) is 11.9. The molecule has 0 spiro atoms. The molecule has 2 rings (SSSR count). The summed E-state index contributed by atoms with van der Waals surface area (Å²) in [7, 11) is 3.81. The van der Waals surface area contributed by atoms with Gasteiger partial charge in [0, 0.05) is 0 Å². The van der Waals surface area contributed by atoms with Crippen LogP contribution in [0.15, 0.2) is 24.3 Å². The van der Waals surface area contributed by atoms with Gasteiger partial charge >= 0.3 is 0 Å². The van der Waals surface area contributed by atoms with Gasteiger partial charge in [0.05, 0.1) is 19.2 Å². The Hall–Kier alpha value is -1.79. The van der Waals surface area contributed by atoms with E-state index in [0.29, 0.717) is 18.2 Å². The van der Waals surface area contributed by atoms with Crippen molar-refractivity contribution in [1.29, 1.82) is 0 Å². The Morgan fingerprint density at radius 3 is 2.75 bits per heavy atom. The van der Waals surface area contributed by atoms with Crippen LogP contribution in [-0.2, 0) is 6.54 Å². The summed E-state index contributed by atoms with van der Waals surface area (Å²) in [6, 6.07) is 6.25. The molecule has 0 unspecified atom stereocenters. The Morgan fingerprint density at radius 2 is 2.15 bits per heavy atom. The molecule has 0 radical (unpaired) electrons. The van der Waals surface area contributed by atoms with Crippen LogP contribution in [0.5, 0.6) is 0 Å². The average molecular weight is 278 g/mol. The van der Waals surface area contributed by atoms with Crippen LogP contribution >= 0.6 is 0 Å². The number of aromatic nitrogens is 3. The first-order chi connectivity index (χ1) is 9.52. The molecule has 20 heavy (non-hydrogen) atoms. The van der Waals surface area contributed by atoms with E-state index in [2.05, 4.69) is 10.1 Å². The molecule has 2 aromatic rings. The number of aliphatic hydroxyl groups excluding tert-OH is 1. The third kappa shape index (κ3) is 3.02. The molecule has 0 amide bonds. The van der Waals surface area contributed by atoms with Crippen molar-refractivity contribution < 1.29 is 9.50 Å². The van der Waals surface area contributed by atoms with Crippen molar-refractivity contribution in [3.05, 3.63) is 47.3 Å². The van der Waals surface area contributed by atoms with Crippen molar-refractivity contribution in [2.45, 2.75) is 19.5 Å². The molecule has 1 N–H and O–H groups in total. The van der Waals surface area contributed by atoms with E-state index in [1.807, 2.05) is 25.1 Å². The van der Waals surface area contributed by atoms with Crippen LogP contribution in [-0.4, -0.2) is 45.5 Å². The molecule has 0 saturated carbocycles. The van der Waals surface area contributed by atoms with Gasteiger partial charge in [0.25, 0.3) is 0 Å². The smallest absolute Gasteiger partial charge is 0.149 e. The maximum absolute atomic E-state index is 13.5. The highest BCUT2D eigenvalue weighted by Crippen LogP contribution is 2.25. The topological polar surface area (TPSA) is 54.2 Å². The lowest BCUT2D eigenvalue weighted by atomic mass is 10.1. The molecule has 1 heterocycles. The van der Waals surface area contributed by atoms with Crippen LogP contribution in [0.4, 0.5) is 4.39 Å². The molecule has 0 saturated heterocycles. The van der Waals surface area contributed by atoms with Gasteiger partial charge < -0.3 is 5.11 Å². The largest absolute Gasteiger partial charge is 0.394 e. The van der Waals surface area contributed by atoms with Gasteiger partial charge in [-0.1, -0.05) is 12.1 Å². The van der Waals surface area contributed by atoms with Crippen molar-refractivity contribution in [1.82, 2.24) is 19.7 Å². The maximum Gasteiger partial charge on any atom is 0.149 e. The second kappa shape index (κ2) is 6.11. The Bertz CT molecular complexity index is 582. The van der Waals surface area contributed by atoms with E-state index in [0.717, 1.165) is 5.56 Å². The molecule has 0 bridgehead atoms. The van der Waals surface area contributed by atoms with Gasteiger partial charge in [0.1, 0.15) is 17.5 Å². The first kappa shape index (κ1) is 14.6. The monoisotopic (exact) mass is 278 g/mol. The summed E-state index contributed by atoms with van der Waals surface area (Å²) >= 11 is 0. The van der Waals surface area contributed by atoms with E-state index in [1.54, 1.807) is 17.7 Å². The standard InChI is InChI=1S/C14H19FN4O/c1-10-16-14(19(17-10)7-8-20)13(18(2)3)11-5-4-6-12(15)9-11/h4-6,9,13,20H,7-8H2,1-3H3/t13-/m1/s1. The van der Waals surface area contributed by atoms with Crippen molar-refractivity contribution >= 4 is 0 Å². The van der Waals surface area contributed by atoms with E-state index in [9.17, 15) is 4.39 Å². The van der Waals surface area contributed by atoms with E-state index in [-0.39, 0.29) is 18.5 Å². The van der Waals surface area contributed by atoms with E-state index < -0.39 is 0 Å². The number of nitrogens with zero attached hydrogens (tertiary/aromatic N) is 4. The summed E-state index contributed by atoms with van der Waals surface area (Å²) < 4.78 is 15.1. The quantitative estimate of drug-likeness (QED) is 0.897. The van der Waals surface area contributed by atoms with E-state index in [1.165, 1.54) is 12.1 Å². The van der Waals surface area contributed by atoms with Gasteiger partial charge in [-0.05, 0) is 38.7 Å². The number of hydrogen-bond donors (Lipinski definition) is 1. The van der Waals surface area contributed by atoms with E-state index >= 15 is 0 Å². The number of rotatable bonds is 5. The molecule has 1 aromatic carbocycles. The third-order valence-electron chi connectivity index (χ3n) is 3.04. The molecular weight excluding hydrogens is 259 g/mol. The third-order valence-corrected chi connectivity index (χ3v) is 3.04. The Balaban J connectivity index is 2.48. The fourth-order valence-electron chi connectivity index (χ4n) is 2.29. The second-order valence-electron chi connectivity index (χ2n) is 4.89. The fraction of sp³-hybridized carbons (Fsp3) is 0.429. The lowest BCUT2D eigenvalue weighted by Crippen LogP contribution is -2.25. The summed E-state index contributed by atoms with van der Waals surface area (Å²) in [4.78, 5) is 6.38. The van der Waals surface area contributed by atoms with Crippen molar-refractivity contribution in [2.75, 3.05) is 20.7 Å². The van der Waals surface area contributed by atoms with Gasteiger partial charge in [0.15, 0.2) is 0 Å². The van der Waals surface area contributed by atoms with Crippen molar-refractivity contribution in [3.63, 3.8) is 0 Å². The summed E-state index contributed by atoms with van der Waals surface area (Å²) in [6.07, 6.45) is 0. The predicted octanol–water partition coefficient (Wildman–Crippen LogP) is 1.37. The number of benzene rings is 1. The molecule has 0 aliphatic rings. The molecule has 108 valence electrons. The highest BCUT2D eigenvalue weighted by molar-refractivity contribution is 5.25. The van der Waals surface area contributed by atoms with Crippen LogP contribution in [0.1, 0.15) is 23.3 Å². The van der Waals surface area contributed by atoms with Gasteiger partial charge in [-0.2, -0.15) is 5.10 Å². The normalized spacial score (nSPS) is 12.9. The van der Waals surface area contributed by atoms with E-state index in [4.69, 9.17) is 5.11 Å². The van der Waals surface area contributed by atoms with Gasteiger partial charge in [-0.15, -0.1) is 0 Å². The lowest BCUT2D eigenvalue weighted by molar-refractivity contribution is 0.256. The Morgan fingerprint density at radius 1 is 1.40 bits per heavy atom. The first-order valence-corrected chi connectivity index (χ1v) is 6.47. The molecule has 6 heteroatoms. The summed E-state index contributed by atoms with van der Waals surface area (Å²) in [6.45, 7) is 2.16. The number of aryl methyl sites for hydroxylation is 1. The molecule has 5 nitrogen and oxygen atoms in total. The summed E-state index contributed by atoms with van der Waals surface area (Å²) in [5.74, 6) is 1.06. The molecule has 0 aliphatic carbocycles. The van der Waals surface area contributed by atoms with Crippen LogP contribution in [0, 0.1) is 12.7 Å². The minimum Gasteiger partial charge on any atom is -0.394 e. The molecular formula is C14H19FN4O. The fourth-order valence-corrected chi connectivity index (χ4v) is 2.29. The van der Waals surface area contributed by atoms with Crippen LogP contribution < -0.4 is 0 Å². The second-order valence-corrected chi connectivity index (χ2v) is 4.89. The highest BCUT2D eigenvalue weighted by atomic mass is 19.1. The maximum atomic E-state index is 13.5. The SMILES string of the molecule is Cc1nc([C@@H](c2cccc(F)c2)N(C)C)n(CCO)n1. The molecule has 1 aromatic heterocycles. The van der Waals surface area contributed by atoms with Crippen molar-refractivity contribution in [3.8, 4) is 0 Å². The lowest BCUT2D eigenvalue weighted by Gasteiger charge is -2.24.